The SMILES string of the molecule is COc1c(C)cc(C)c(Br)c1C(=O)CCN. The van der Waals surface area contributed by atoms with Gasteiger partial charge in [-0.05, 0) is 47.4 Å². The number of carbonyl (C=O) groups is 1. The Morgan fingerprint density at radius 1 is 1.44 bits per heavy atom. The monoisotopic (exact) mass is 285 g/mol. The second kappa shape index (κ2) is 5.46. The number of hydrogen-bond acceptors (Lipinski definition) is 3. The first-order valence-electron chi connectivity index (χ1n) is 5.09. The van der Waals surface area contributed by atoms with E-state index in [2.05, 4.69) is 15.9 Å². The Morgan fingerprint density at radius 2 is 2.06 bits per heavy atom. The van der Waals surface area contributed by atoms with Crippen molar-refractivity contribution in [3.63, 3.8) is 0 Å². The predicted octanol–water partition coefficient (Wildman–Crippen LogP) is 2.61. The molecule has 3 nitrogen and oxygen atoms in total. The molecule has 1 aromatic rings. The smallest absolute Gasteiger partial charge is 0.169 e. The van der Waals surface area contributed by atoms with Crippen LogP contribution in [-0.4, -0.2) is 19.4 Å². The van der Waals surface area contributed by atoms with Gasteiger partial charge in [0.1, 0.15) is 5.75 Å². The molecule has 0 aliphatic rings. The van der Waals surface area contributed by atoms with Gasteiger partial charge in [-0.2, -0.15) is 0 Å². The summed E-state index contributed by atoms with van der Waals surface area (Å²) in [6.45, 7) is 4.23. The first-order chi connectivity index (χ1) is 7.52. The van der Waals surface area contributed by atoms with E-state index in [9.17, 15) is 4.79 Å². The fourth-order valence-corrected chi connectivity index (χ4v) is 2.23. The highest BCUT2D eigenvalue weighted by molar-refractivity contribution is 9.10. The van der Waals surface area contributed by atoms with Crippen LogP contribution in [0.1, 0.15) is 27.9 Å². The maximum absolute atomic E-state index is 12.0. The molecule has 0 aliphatic heterocycles. The number of aryl methyl sites for hydroxylation is 2. The van der Waals surface area contributed by atoms with Crippen molar-refractivity contribution >= 4 is 21.7 Å². The van der Waals surface area contributed by atoms with Gasteiger partial charge in [0.15, 0.2) is 5.78 Å². The van der Waals surface area contributed by atoms with Gasteiger partial charge in [0.2, 0.25) is 0 Å². The third-order valence-electron chi connectivity index (χ3n) is 2.44. The summed E-state index contributed by atoms with van der Waals surface area (Å²) in [7, 11) is 1.57. The van der Waals surface area contributed by atoms with Gasteiger partial charge in [0, 0.05) is 10.9 Å². The van der Waals surface area contributed by atoms with E-state index in [0.29, 0.717) is 24.3 Å². The zero-order valence-corrected chi connectivity index (χ0v) is 11.3. The Kier molecular flexibility index (Phi) is 4.50. The topological polar surface area (TPSA) is 52.3 Å². The molecule has 0 amide bonds. The van der Waals surface area contributed by atoms with Crippen LogP contribution in [0.15, 0.2) is 10.5 Å². The molecule has 0 atom stereocenters. The largest absolute Gasteiger partial charge is 0.496 e. The number of halogens is 1. The van der Waals surface area contributed by atoms with E-state index in [1.54, 1.807) is 7.11 Å². The zero-order chi connectivity index (χ0) is 12.3. The molecule has 0 spiro atoms. The van der Waals surface area contributed by atoms with E-state index in [1.165, 1.54) is 0 Å². The molecule has 0 aliphatic carbocycles. The zero-order valence-electron chi connectivity index (χ0n) is 9.76. The molecule has 0 saturated heterocycles. The fourth-order valence-electron chi connectivity index (χ4n) is 1.72. The van der Waals surface area contributed by atoms with Crippen molar-refractivity contribution in [2.75, 3.05) is 13.7 Å². The second-order valence-corrected chi connectivity index (χ2v) is 4.49. The summed E-state index contributed by atoms with van der Waals surface area (Å²) in [5, 5.41) is 0. The Balaban J connectivity index is 3.38. The van der Waals surface area contributed by atoms with Gasteiger partial charge in [-0.3, -0.25) is 4.79 Å². The van der Waals surface area contributed by atoms with Crippen LogP contribution < -0.4 is 10.5 Å². The van der Waals surface area contributed by atoms with E-state index in [1.807, 2.05) is 19.9 Å². The molecule has 0 saturated carbocycles. The molecule has 88 valence electrons. The quantitative estimate of drug-likeness (QED) is 0.866. The van der Waals surface area contributed by atoms with Crippen LogP contribution in [0.4, 0.5) is 0 Å². The van der Waals surface area contributed by atoms with Gasteiger partial charge in [-0.25, -0.2) is 0 Å². The van der Waals surface area contributed by atoms with Crippen LogP contribution in [0.3, 0.4) is 0 Å². The van der Waals surface area contributed by atoms with Gasteiger partial charge < -0.3 is 10.5 Å². The summed E-state index contributed by atoms with van der Waals surface area (Å²) in [4.78, 5) is 12.0. The first kappa shape index (κ1) is 13.2. The van der Waals surface area contributed by atoms with Gasteiger partial charge in [0.05, 0.1) is 12.7 Å². The van der Waals surface area contributed by atoms with Gasteiger partial charge in [-0.1, -0.05) is 6.07 Å². The molecule has 4 heteroatoms. The molecule has 2 N–H and O–H groups in total. The van der Waals surface area contributed by atoms with Crippen molar-refractivity contribution in [2.45, 2.75) is 20.3 Å². The number of benzene rings is 1. The lowest BCUT2D eigenvalue weighted by atomic mass is 10.0. The molecule has 0 unspecified atom stereocenters. The molecule has 16 heavy (non-hydrogen) atoms. The number of ketones is 1. The van der Waals surface area contributed by atoms with Gasteiger partial charge in [-0.15, -0.1) is 0 Å². The number of methoxy groups -OCH3 is 1. The van der Waals surface area contributed by atoms with Crippen LogP contribution in [0.25, 0.3) is 0 Å². The summed E-state index contributed by atoms with van der Waals surface area (Å²) in [6, 6.07) is 1.99. The Bertz CT molecular complexity index is 416. The van der Waals surface area contributed by atoms with Crippen molar-refractivity contribution in [1.82, 2.24) is 0 Å². The summed E-state index contributed by atoms with van der Waals surface area (Å²) < 4.78 is 6.09. The minimum absolute atomic E-state index is 0.0121. The van der Waals surface area contributed by atoms with Crippen LogP contribution in [0.5, 0.6) is 5.75 Å². The number of ether oxygens (including phenoxy) is 1. The third kappa shape index (κ3) is 2.44. The summed E-state index contributed by atoms with van der Waals surface area (Å²) in [5.74, 6) is 0.647. The maximum atomic E-state index is 12.0. The van der Waals surface area contributed by atoms with Crippen LogP contribution >= 0.6 is 15.9 Å². The summed E-state index contributed by atoms with van der Waals surface area (Å²) in [5.41, 5.74) is 8.00. The van der Waals surface area contributed by atoms with Crippen LogP contribution in [-0.2, 0) is 0 Å². The van der Waals surface area contributed by atoms with Crippen molar-refractivity contribution in [2.24, 2.45) is 5.73 Å². The molecular weight excluding hydrogens is 270 g/mol. The first-order valence-corrected chi connectivity index (χ1v) is 5.89. The van der Waals surface area contributed by atoms with E-state index >= 15 is 0 Å². The Morgan fingerprint density at radius 3 is 2.56 bits per heavy atom. The minimum atomic E-state index is 0.0121. The van der Waals surface area contributed by atoms with E-state index in [4.69, 9.17) is 10.5 Å². The van der Waals surface area contributed by atoms with Gasteiger partial charge >= 0.3 is 0 Å². The predicted molar refractivity (Wildman–Crippen MR) is 68.2 cm³/mol. The van der Waals surface area contributed by atoms with Crippen molar-refractivity contribution in [1.29, 1.82) is 0 Å². The number of Topliss-reactive ketones (excluding diaryl/α,β-unsaturated/α-hetero) is 1. The van der Waals surface area contributed by atoms with Crippen molar-refractivity contribution in [3.05, 3.63) is 27.2 Å². The summed E-state index contributed by atoms with van der Waals surface area (Å²) in [6.07, 6.45) is 0.331. The molecule has 1 rings (SSSR count). The molecule has 0 radical (unpaired) electrons. The highest BCUT2D eigenvalue weighted by atomic mass is 79.9. The average Bonchev–Trinajstić information content (AvgIpc) is 2.23. The van der Waals surface area contributed by atoms with E-state index < -0.39 is 0 Å². The summed E-state index contributed by atoms with van der Waals surface area (Å²) >= 11 is 3.43. The normalized spacial score (nSPS) is 10.3. The maximum Gasteiger partial charge on any atom is 0.169 e. The van der Waals surface area contributed by atoms with Crippen LogP contribution in [0, 0.1) is 13.8 Å². The minimum Gasteiger partial charge on any atom is -0.496 e. The number of hydrogen-bond donors (Lipinski definition) is 1. The molecule has 0 fully saturated rings. The Labute approximate surface area is 104 Å². The van der Waals surface area contributed by atoms with E-state index in [0.717, 1.165) is 15.6 Å². The standard InChI is InChI=1S/C12H16BrNO2/c1-7-6-8(2)12(16-3)10(11(7)13)9(15)4-5-14/h6H,4-5,14H2,1-3H3. The molecule has 0 heterocycles. The molecule has 0 aromatic heterocycles. The van der Waals surface area contributed by atoms with Crippen LogP contribution in [0.2, 0.25) is 0 Å². The lowest BCUT2D eigenvalue weighted by Crippen LogP contribution is -2.11. The number of nitrogens with two attached hydrogens (primary N) is 1. The highest BCUT2D eigenvalue weighted by Gasteiger charge is 2.19. The second-order valence-electron chi connectivity index (χ2n) is 3.69. The molecular formula is C12H16BrNO2. The Hall–Kier alpha value is -0.870. The lowest BCUT2D eigenvalue weighted by molar-refractivity contribution is 0.0981. The molecule has 1 aromatic carbocycles. The van der Waals surface area contributed by atoms with Gasteiger partial charge in [0.25, 0.3) is 0 Å². The average molecular weight is 286 g/mol. The third-order valence-corrected chi connectivity index (χ3v) is 3.46. The number of rotatable bonds is 4. The highest BCUT2D eigenvalue weighted by Crippen LogP contribution is 2.34. The lowest BCUT2D eigenvalue weighted by Gasteiger charge is -2.14. The van der Waals surface area contributed by atoms with E-state index in [-0.39, 0.29) is 5.78 Å². The fraction of sp³-hybridized carbons (Fsp3) is 0.417. The van der Waals surface area contributed by atoms with Crippen molar-refractivity contribution < 1.29 is 9.53 Å². The molecule has 0 bridgehead atoms. The van der Waals surface area contributed by atoms with Crippen molar-refractivity contribution in [3.8, 4) is 5.75 Å². The number of carbonyl (C=O) groups excluding carboxylic acids is 1.